The average Bonchev–Trinajstić information content (AvgIpc) is 3.40. The van der Waals surface area contributed by atoms with Crippen LogP contribution in [-0.2, 0) is 4.57 Å². The molecule has 0 radical (unpaired) electrons. The summed E-state index contributed by atoms with van der Waals surface area (Å²) in [6.07, 6.45) is 1.78. The molecule has 0 fully saturated rings. The van der Waals surface area contributed by atoms with E-state index in [0.29, 0.717) is 11.5 Å². The summed E-state index contributed by atoms with van der Waals surface area (Å²) in [4.78, 5) is 0. The Morgan fingerprint density at radius 3 is 2.14 bits per heavy atom. The number of rotatable bonds is 8. The minimum atomic E-state index is -3.31. The van der Waals surface area contributed by atoms with E-state index in [2.05, 4.69) is 15.5 Å². The van der Waals surface area contributed by atoms with E-state index in [9.17, 15) is 0 Å². The Kier molecular flexibility index (Phi) is 6.30. The van der Waals surface area contributed by atoms with E-state index in [1.807, 2.05) is 97.1 Å². The summed E-state index contributed by atoms with van der Waals surface area (Å²) in [7, 11) is -0.0709. The van der Waals surface area contributed by atoms with Crippen LogP contribution >= 0.6 is 7.14 Å². The summed E-state index contributed by atoms with van der Waals surface area (Å²) in [5.41, 5.74) is 2.44. The third-order valence-electron chi connectivity index (χ3n) is 6.12. The Morgan fingerprint density at radius 2 is 1.51 bits per heavy atom. The minimum Gasteiger partial charge on any atom is -0.497 e. The van der Waals surface area contributed by atoms with E-state index in [1.165, 1.54) is 0 Å². The average molecular weight is 484 g/mol. The highest BCUT2D eigenvalue weighted by Gasteiger charge is 2.39. The van der Waals surface area contributed by atoms with Crippen molar-refractivity contribution in [3.63, 3.8) is 0 Å². The molecule has 5 rings (SSSR count). The molecule has 4 aromatic carbocycles. The maximum absolute atomic E-state index is 15.4. The van der Waals surface area contributed by atoms with Crippen molar-refractivity contribution in [3.05, 3.63) is 109 Å². The van der Waals surface area contributed by atoms with Gasteiger partial charge in [-0.05, 0) is 36.4 Å². The molecule has 1 aromatic heterocycles. The number of H-pyrrole nitrogens is 1. The van der Waals surface area contributed by atoms with Crippen LogP contribution in [0.5, 0.6) is 11.5 Å². The number of benzene rings is 4. The molecule has 1 unspecified atom stereocenters. The summed E-state index contributed by atoms with van der Waals surface area (Å²) in [5, 5.41) is 13.2. The lowest BCUT2D eigenvalue weighted by Crippen LogP contribution is -2.26. The van der Waals surface area contributed by atoms with Gasteiger partial charge in [-0.25, -0.2) is 0 Å². The lowest BCUT2D eigenvalue weighted by molar-refractivity contribution is 0.398. The van der Waals surface area contributed by atoms with Gasteiger partial charge in [0.05, 0.1) is 25.9 Å². The lowest BCUT2D eigenvalue weighted by Gasteiger charge is -2.32. The first-order valence-corrected chi connectivity index (χ1v) is 13.0. The smallest absolute Gasteiger partial charge is 0.168 e. The molecular weight excluding hydrogens is 457 g/mol. The zero-order valence-corrected chi connectivity index (χ0v) is 20.4. The van der Waals surface area contributed by atoms with Gasteiger partial charge in [0.1, 0.15) is 17.3 Å². The Hall–Kier alpha value is -4.02. The highest BCUT2D eigenvalue weighted by Crippen LogP contribution is 2.59. The van der Waals surface area contributed by atoms with Crippen LogP contribution in [0.4, 0.5) is 5.69 Å². The summed E-state index contributed by atoms with van der Waals surface area (Å²) < 4.78 is 26.7. The van der Waals surface area contributed by atoms with Crippen LogP contribution in [0.3, 0.4) is 0 Å². The quantitative estimate of drug-likeness (QED) is 0.277. The van der Waals surface area contributed by atoms with Gasteiger partial charge >= 0.3 is 0 Å². The van der Waals surface area contributed by atoms with Gasteiger partial charge in [0.15, 0.2) is 7.14 Å². The number of fused-ring (bicyclic) bond motifs is 1. The van der Waals surface area contributed by atoms with Crippen molar-refractivity contribution >= 4 is 34.3 Å². The van der Waals surface area contributed by atoms with Crippen LogP contribution in [-0.4, -0.2) is 24.4 Å². The molecular formula is C28H26N3O3P. The molecule has 5 aromatic rings. The summed E-state index contributed by atoms with van der Waals surface area (Å²) in [6, 6.07) is 30.7. The van der Waals surface area contributed by atoms with Gasteiger partial charge < -0.3 is 19.4 Å². The Balaban J connectivity index is 1.77. The molecule has 0 aliphatic heterocycles. The van der Waals surface area contributed by atoms with E-state index in [4.69, 9.17) is 9.47 Å². The first kappa shape index (κ1) is 22.8. The number of anilines is 1. The number of ether oxygens (including phenoxy) is 2. The zero-order chi connectivity index (χ0) is 24.3. The van der Waals surface area contributed by atoms with Crippen molar-refractivity contribution in [2.24, 2.45) is 0 Å². The predicted octanol–water partition coefficient (Wildman–Crippen LogP) is 5.70. The summed E-state index contributed by atoms with van der Waals surface area (Å²) in [6.45, 7) is 0. The molecule has 0 amide bonds. The monoisotopic (exact) mass is 483 g/mol. The van der Waals surface area contributed by atoms with Crippen molar-refractivity contribution < 1.29 is 14.0 Å². The van der Waals surface area contributed by atoms with Gasteiger partial charge in [-0.3, -0.25) is 5.10 Å². The number of aromatic nitrogens is 2. The Labute approximate surface area is 204 Å². The maximum atomic E-state index is 15.4. The second-order valence-corrected chi connectivity index (χ2v) is 11.0. The Bertz CT molecular complexity index is 1440. The molecule has 0 spiro atoms. The predicted molar refractivity (Wildman–Crippen MR) is 142 cm³/mol. The number of hydrogen-bond donors (Lipinski definition) is 2. The lowest BCUT2D eigenvalue weighted by atomic mass is 10.1. The fraction of sp³-hybridized carbons (Fsp3) is 0.107. The molecule has 6 nitrogen and oxygen atoms in total. The van der Waals surface area contributed by atoms with Crippen molar-refractivity contribution in [2.45, 2.75) is 5.78 Å². The molecule has 0 saturated carbocycles. The third kappa shape index (κ3) is 4.29. The largest absolute Gasteiger partial charge is 0.497 e. The fourth-order valence-corrected chi connectivity index (χ4v) is 7.40. The number of aromatic amines is 1. The van der Waals surface area contributed by atoms with Gasteiger partial charge in [0.2, 0.25) is 0 Å². The van der Waals surface area contributed by atoms with Crippen LogP contribution < -0.4 is 25.4 Å². The van der Waals surface area contributed by atoms with Crippen LogP contribution in [0.25, 0.3) is 10.9 Å². The van der Waals surface area contributed by atoms with Gasteiger partial charge in [0, 0.05) is 27.2 Å². The van der Waals surface area contributed by atoms with E-state index in [-0.39, 0.29) is 0 Å². The standard InChI is InChI=1S/C28H26N3O3P/c1-33-22-15-16-27(34-2)25(18-22)28(30-21-14-13-20-19-29-31-26(20)17-21)35(32,23-9-5-3-6-10-23)24-11-7-4-8-12-24/h3-19,28,30H,1-2H3,(H,29,31). The molecule has 2 N–H and O–H groups in total. The molecule has 1 heterocycles. The SMILES string of the molecule is COc1ccc(OC)c(C(Nc2ccc3cn[nH]c3c2)P(=O)(c2ccccc2)c2ccccc2)c1. The van der Waals surface area contributed by atoms with Crippen molar-refractivity contribution in [2.75, 3.05) is 19.5 Å². The van der Waals surface area contributed by atoms with E-state index < -0.39 is 12.9 Å². The number of nitrogens with one attached hydrogen (secondary N) is 2. The second-order valence-electron chi connectivity index (χ2n) is 8.16. The van der Waals surface area contributed by atoms with E-state index in [0.717, 1.165) is 32.8 Å². The van der Waals surface area contributed by atoms with E-state index in [1.54, 1.807) is 20.4 Å². The van der Waals surface area contributed by atoms with Crippen LogP contribution in [0, 0.1) is 0 Å². The molecule has 1 atom stereocenters. The van der Waals surface area contributed by atoms with Gasteiger partial charge in [0.25, 0.3) is 0 Å². The fourth-order valence-electron chi connectivity index (χ4n) is 4.35. The van der Waals surface area contributed by atoms with Gasteiger partial charge in [-0.1, -0.05) is 60.7 Å². The first-order chi connectivity index (χ1) is 17.1. The highest BCUT2D eigenvalue weighted by atomic mass is 31.2. The summed E-state index contributed by atoms with van der Waals surface area (Å²) >= 11 is 0. The molecule has 7 heteroatoms. The summed E-state index contributed by atoms with van der Waals surface area (Å²) in [5.74, 6) is 0.639. The van der Waals surface area contributed by atoms with Gasteiger partial charge in [-0.15, -0.1) is 0 Å². The highest BCUT2D eigenvalue weighted by molar-refractivity contribution is 7.79. The molecule has 0 saturated heterocycles. The normalized spacial score (nSPS) is 12.3. The number of nitrogens with zero attached hydrogens (tertiary/aromatic N) is 1. The molecule has 35 heavy (non-hydrogen) atoms. The molecule has 176 valence electrons. The van der Waals surface area contributed by atoms with E-state index >= 15 is 4.57 Å². The zero-order valence-electron chi connectivity index (χ0n) is 19.5. The molecule has 0 bridgehead atoms. The van der Waals surface area contributed by atoms with Crippen LogP contribution in [0.2, 0.25) is 0 Å². The molecule has 0 aliphatic rings. The third-order valence-corrected chi connectivity index (χ3v) is 9.39. The van der Waals surface area contributed by atoms with Gasteiger partial charge in [-0.2, -0.15) is 5.10 Å². The first-order valence-electron chi connectivity index (χ1n) is 11.3. The van der Waals surface area contributed by atoms with Crippen LogP contribution in [0.15, 0.2) is 103 Å². The topological polar surface area (TPSA) is 76.2 Å². The Morgan fingerprint density at radius 1 is 0.829 bits per heavy atom. The minimum absolute atomic E-state index is 0.623. The van der Waals surface area contributed by atoms with Crippen molar-refractivity contribution in [1.29, 1.82) is 0 Å². The van der Waals surface area contributed by atoms with Crippen LogP contribution in [0.1, 0.15) is 11.3 Å². The van der Waals surface area contributed by atoms with Crippen molar-refractivity contribution in [3.8, 4) is 11.5 Å². The number of hydrogen-bond acceptors (Lipinski definition) is 5. The molecule has 0 aliphatic carbocycles. The van der Waals surface area contributed by atoms with Crippen molar-refractivity contribution in [1.82, 2.24) is 10.2 Å². The number of methoxy groups -OCH3 is 2. The second kappa shape index (κ2) is 9.69. The maximum Gasteiger partial charge on any atom is 0.168 e.